The van der Waals surface area contributed by atoms with E-state index in [0.29, 0.717) is 23.6 Å². The number of amides is 1. The molecule has 1 heterocycles. The maximum atomic E-state index is 13.8. The van der Waals surface area contributed by atoms with E-state index in [0.717, 1.165) is 22.3 Å². The van der Waals surface area contributed by atoms with Crippen LogP contribution in [0.25, 0.3) is 0 Å². The van der Waals surface area contributed by atoms with Crippen molar-refractivity contribution in [3.8, 4) is 11.5 Å². The van der Waals surface area contributed by atoms with Crippen LogP contribution in [0.1, 0.15) is 48.6 Å². The fourth-order valence-corrected chi connectivity index (χ4v) is 6.08. The molecule has 3 aromatic rings. The van der Waals surface area contributed by atoms with Gasteiger partial charge in [-0.15, -0.1) is 0 Å². The summed E-state index contributed by atoms with van der Waals surface area (Å²) in [6, 6.07) is 17.2. The molecular weight excluding hydrogens is 488 g/mol. The van der Waals surface area contributed by atoms with Crippen LogP contribution < -0.4 is 19.1 Å². The number of sulfonamides is 1. The highest BCUT2D eigenvalue weighted by Gasteiger charge is 2.36. The van der Waals surface area contributed by atoms with Crippen molar-refractivity contribution in [2.75, 3.05) is 18.0 Å². The molecule has 0 aliphatic carbocycles. The number of hydrogen-bond acceptors (Lipinski definition) is 5. The number of anilines is 1. The summed E-state index contributed by atoms with van der Waals surface area (Å²) in [5.74, 6) is 0.911. The lowest BCUT2D eigenvalue weighted by Crippen LogP contribution is -2.45. The van der Waals surface area contributed by atoms with Gasteiger partial charge in [-0.3, -0.25) is 9.10 Å². The molecule has 1 amide bonds. The van der Waals surface area contributed by atoms with Gasteiger partial charge in [-0.2, -0.15) is 0 Å². The van der Waals surface area contributed by atoms with Crippen LogP contribution in [-0.4, -0.2) is 33.6 Å². The van der Waals surface area contributed by atoms with Crippen LogP contribution in [0.2, 0.25) is 0 Å². The highest BCUT2D eigenvalue weighted by molar-refractivity contribution is 7.92. The van der Waals surface area contributed by atoms with Crippen LogP contribution in [0.3, 0.4) is 0 Å². The molecule has 3 aromatic carbocycles. The van der Waals surface area contributed by atoms with Crippen molar-refractivity contribution in [3.05, 3.63) is 82.9 Å². The Balaban J connectivity index is 1.69. The van der Waals surface area contributed by atoms with E-state index in [1.165, 1.54) is 4.31 Å². The Morgan fingerprint density at radius 3 is 2.46 bits per heavy atom. The summed E-state index contributed by atoms with van der Waals surface area (Å²) in [5, 5.41) is 3.07. The molecule has 0 spiro atoms. The van der Waals surface area contributed by atoms with E-state index in [9.17, 15) is 13.2 Å². The van der Waals surface area contributed by atoms with Crippen LogP contribution in [0.4, 0.5) is 5.69 Å². The third-order valence-electron chi connectivity index (χ3n) is 6.75. The van der Waals surface area contributed by atoms with Crippen LogP contribution in [0, 0.1) is 20.8 Å². The first-order valence-electron chi connectivity index (χ1n) is 12.2. The van der Waals surface area contributed by atoms with E-state index >= 15 is 0 Å². The second-order valence-electron chi connectivity index (χ2n) is 10.1. The molecule has 8 heteroatoms. The Morgan fingerprint density at radius 2 is 1.78 bits per heavy atom. The summed E-state index contributed by atoms with van der Waals surface area (Å²) < 4.78 is 40.4. The zero-order valence-corrected chi connectivity index (χ0v) is 23.0. The maximum absolute atomic E-state index is 13.8. The number of methoxy groups -OCH3 is 1. The van der Waals surface area contributed by atoms with Crippen molar-refractivity contribution in [2.45, 2.75) is 57.6 Å². The molecule has 0 saturated carbocycles. The predicted octanol–water partition coefficient (Wildman–Crippen LogP) is 5.23. The lowest BCUT2D eigenvalue weighted by molar-refractivity contribution is -0.120. The van der Waals surface area contributed by atoms with Crippen molar-refractivity contribution in [1.82, 2.24) is 5.32 Å². The monoisotopic (exact) mass is 522 g/mol. The van der Waals surface area contributed by atoms with E-state index in [2.05, 4.69) is 5.32 Å². The molecule has 1 atom stereocenters. The van der Waals surface area contributed by atoms with Crippen molar-refractivity contribution in [3.63, 3.8) is 0 Å². The summed E-state index contributed by atoms with van der Waals surface area (Å²) in [4.78, 5) is 13.6. The van der Waals surface area contributed by atoms with Gasteiger partial charge in [0.2, 0.25) is 5.91 Å². The average molecular weight is 523 g/mol. The number of aryl methyl sites for hydroxylation is 2. The standard InChI is InChI=1S/C29H34N2O5S/c1-19-10-13-23(14-11-19)37(33,34)31(26-9-7-8-20(2)21(26)3)18-28(32)30-25-17-29(4,5)36-27-15-12-22(35-6)16-24(25)27/h7-16,25H,17-18H2,1-6H3,(H,30,32). The van der Waals surface area contributed by atoms with Crippen molar-refractivity contribution in [2.24, 2.45) is 0 Å². The van der Waals surface area contributed by atoms with Gasteiger partial charge in [-0.25, -0.2) is 8.42 Å². The van der Waals surface area contributed by atoms with Gasteiger partial charge in [0.25, 0.3) is 10.0 Å². The Kier molecular flexibility index (Phi) is 7.24. The number of nitrogens with one attached hydrogen (secondary N) is 1. The van der Waals surface area contributed by atoms with Crippen molar-refractivity contribution in [1.29, 1.82) is 0 Å². The number of hydrogen-bond donors (Lipinski definition) is 1. The highest BCUT2D eigenvalue weighted by atomic mass is 32.2. The number of carbonyl (C=O) groups is 1. The molecule has 0 saturated heterocycles. The van der Waals surface area contributed by atoms with Gasteiger partial charge >= 0.3 is 0 Å². The van der Waals surface area contributed by atoms with E-state index in [1.54, 1.807) is 43.5 Å². The summed E-state index contributed by atoms with van der Waals surface area (Å²) in [6.45, 7) is 9.24. The van der Waals surface area contributed by atoms with Crippen molar-refractivity contribution < 1.29 is 22.7 Å². The molecule has 1 unspecified atom stereocenters. The maximum Gasteiger partial charge on any atom is 0.264 e. The summed E-state index contributed by atoms with van der Waals surface area (Å²) in [5.41, 5.74) is 3.45. The highest BCUT2D eigenvalue weighted by Crippen LogP contribution is 2.41. The zero-order valence-electron chi connectivity index (χ0n) is 22.2. The van der Waals surface area contributed by atoms with Gasteiger partial charge in [-0.05, 0) is 82.1 Å². The Morgan fingerprint density at radius 1 is 1.08 bits per heavy atom. The van der Waals surface area contributed by atoms with Crippen LogP contribution in [-0.2, 0) is 14.8 Å². The molecule has 0 aromatic heterocycles. The van der Waals surface area contributed by atoms with Gasteiger partial charge < -0.3 is 14.8 Å². The largest absolute Gasteiger partial charge is 0.497 e. The van der Waals surface area contributed by atoms with Crippen LogP contribution in [0.15, 0.2) is 65.6 Å². The Hall–Kier alpha value is -3.52. The second-order valence-corrected chi connectivity index (χ2v) is 12.0. The molecule has 4 rings (SSSR count). The number of nitrogens with zero attached hydrogens (tertiary/aromatic N) is 1. The van der Waals surface area contributed by atoms with Crippen LogP contribution >= 0.6 is 0 Å². The number of ether oxygens (including phenoxy) is 2. The van der Waals surface area contributed by atoms with Crippen molar-refractivity contribution >= 4 is 21.6 Å². The smallest absolute Gasteiger partial charge is 0.264 e. The molecule has 0 bridgehead atoms. The Labute approximate surface area is 219 Å². The molecule has 1 N–H and O–H groups in total. The minimum atomic E-state index is -4.01. The fourth-order valence-electron chi connectivity index (χ4n) is 4.60. The number of carbonyl (C=O) groups excluding carboxylic acids is 1. The number of rotatable bonds is 7. The van der Waals surface area contributed by atoms with E-state index in [-0.39, 0.29) is 17.5 Å². The van der Waals surface area contributed by atoms with E-state index in [4.69, 9.17) is 9.47 Å². The zero-order chi connectivity index (χ0) is 27.0. The SMILES string of the molecule is COc1ccc2c(c1)C(NC(=O)CN(c1cccc(C)c1C)S(=O)(=O)c1ccc(C)cc1)CC(C)(C)O2. The minimum absolute atomic E-state index is 0.133. The molecule has 1 aliphatic heterocycles. The molecule has 0 radical (unpaired) electrons. The normalized spacial score (nSPS) is 16.3. The quantitative estimate of drug-likeness (QED) is 0.459. The molecule has 1 aliphatic rings. The third kappa shape index (κ3) is 5.59. The molecule has 196 valence electrons. The molecule has 0 fully saturated rings. The fraction of sp³-hybridized carbons (Fsp3) is 0.345. The summed E-state index contributed by atoms with van der Waals surface area (Å²) in [6.07, 6.45) is 0.521. The topological polar surface area (TPSA) is 84.9 Å². The first-order chi connectivity index (χ1) is 17.4. The van der Waals surface area contributed by atoms with E-state index < -0.39 is 21.5 Å². The van der Waals surface area contributed by atoms with Gasteiger partial charge in [0, 0.05) is 12.0 Å². The molecule has 37 heavy (non-hydrogen) atoms. The number of benzene rings is 3. The van der Waals surface area contributed by atoms with Gasteiger partial charge in [0.05, 0.1) is 23.7 Å². The van der Waals surface area contributed by atoms with E-state index in [1.807, 2.05) is 58.9 Å². The van der Waals surface area contributed by atoms with Gasteiger partial charge in [0.1, 0.15) is 23.6 Å². The summed E-state index contributed by atoms with van der Waals surface area (Å²) >= 11 is 0. The minimum Gasteiger partial charge on any atom is -0.497 e. The number of fused-ring (bicyclic) bond motifs is 1. The van der Waals surface area contributed by atoms with Gasteiger partial charge in [-0.1, -0.05) is 29.8 Å². The van der Waals surface area contributed by atoms with Crippen LogP contribution in [0.5, 0.6) is 11.5 Å². The molecule has 7 nitrogen and oxygen atoms in total. The molecular formula is C29H34N2O5S. The third-order valence-corrected chi connectivity index (χ3v) is 8.52. The first-order valence-corrected chi connectivity index (χ1v) is 13.7. The Bertz CT molecular complexity index is 1410. The first kappa shape index (κ1) is 26.5. The van der Waals surface area contributed by atoms with Gasteiger partial charge in [0.15, 0.2) is 0 Å². The summed E-state index contributed by atoms with van der Waals surface area (Å²) in [7, 11) is -2.43. The average Bonchev–Trinajstić information content (AvgIpc) is 2.84. The lowest BCUT2D eigenvalue weighted by Gasteiger charge is -2.38. The lowest BCUT2D eigenvalue weighted by atomic mass is 9.89. The second kappa shape index (κ2) is 10.1. The predicted molar refractivity (Wildman–Crippen MR) is 145 cm³/mol.